The number of anilines is 2. The molecule has 28 heavy (non-hydrogen) atoms. The average Bonchev–Trinajstić information content (AvgIpc) is 2.70. The molecule has 142 valence electrons. The van der Waals surface area contributed by atoms with Crippen molar-refractivity contribution in [1.29, 1.82) is 0 Å². The van der Waals surface area contributed by atoms with Gasteiger partial charge in [0.25, 0.3) is 0 Å². The SMILES string of the molecule is CC(=O)N1c2ccccc2N(Cc2ccc(Oc3ccccc3)cc2)CC1C. The molecule has 1 unspecified atom stereocenters. The van der Waals surface area contributed by atoms with Crippen LogP contribution in [0.5, 0.6) is 11.5 Å². The topological polar surface area (TPSA) is 32.8 Å². The first-order chi connectivity index (χ1) is 13.6. The summed E-state index contributed by atoms with van der Waals surface area (Å²) in [4.78, 5) is 16.3. The molecule has 0 aromatic heterocycles. The van der Waals surface area contributed by atoms with Gasteiger partial charge in [0, 0.05) is 20.0 Å². The Morgan fingerprint density at radius 1 is 0.893 bits per heavy atom. The lowest BCUT2D eigenvalue weighted by molar-refractivity contribution is -0.117. The van der Waals surface area contributed by atoms with E-state index in [4.69, 9.17) is 4.74 Å². The van der Waals surface area contributed by atoms with Gasteiger partial charge in [-0.15, -0.1) is 0 Å². The van der Waals surface area contributed by atoms with Crippen LogP contribution in [0, 0.1) is 0 Å². The maximum Gasteiger partial charge on any atom is 0.224 e. The molecule has 0 saturated carbocycles. The molecular weight excluding hydrogens is 348 g/mol. The second-order valence-electron chi connectivity index (χ2n) is 7.17. The number of carbonyl (C=O) groups excluding carboxylic acids is 1. The van der Waals surface area contributed by atoms with E-state index in [9.17, 15) is 4.79 Å². The van der Waals surface area contributed by atoms with E-state index in [1.807, 2.05) is 65.6 Å². The van der Waals surface area contributed by atoms with E-state index in [0.717, 1.165) is 36.0 Å². The smallest absolute Gasteiger partial charge is 0.224 e. The highest BCUT2D eigenvalue weighted by Crippen LogP contribution is 2.36. The van der Waals surface area contributed by atoms with Gasteiger partial charge in [0.15, 0.2) is 0 Å². The van der Waals surface area contributed by atoms with Crippen molar-refractivity contribution in [2.75, 3.05) is 16.3 Å². The van der Waals surface area contributed by atoms with Crippen molar-refractivity contribution in [1.82, 2.24) is 0 Å². The van der Waals surface area contributed by atoms with Gasteiger partial charge in [0.1, 0.15) is 11.5 Å². The minimum atomic E-state index is 0.0852. The molecule has 3 aromatic carbocycles. The van der Waals surface area contributed by atoms with E-state index in [2.05, 4.69) is 30.0 Å². The van der Waals surface area contributed by atoms with Crippen LogP contribution < -0.4 is 14.5 Å². The van der Waals surface area contributed by atoms with Crippen LogP contribution >= 0.6 is 0 Å². The lowest BCUT2D eigenvalue weighted by Gasteiger charge is -2.41. The van der Waals surface area contributed by atoms with Gasteiger partial charge >= 0.3 is 0 Å². The molecule has 4 rings (SSSR count). The Kier molecular flexibility index (Phi) is 5.02. The monoisotopic (exact) mass is 372 g/mol. The van der Waals surface area contributed by atoms with Gasteiger partial charge in [-0.25, -0.2) is 0 Å². The molecule has 3 aromatic rings. The maximum atomic E-state index is 12.1. The fraction of sp³-hybridized carbons (Fsp3) is 0.208. The van der Waals surface area contributed by atoms with Crippen molar-refractivity contribution in [2.24, 2.45) is 0 Å². The number of rotatable bonds is 4. The third-order valence-corrected chi connectivity index (χ3v) is 5.02. The maximum absolute atomic E-state index is 12.1. The largest absolute Gasteiger partial charge is 0.457 e. The Labute approximate surface area is 166 Å². The van der Waals surface area contributed by atoms with Crippen molar-refractivity contribution >= 4 is 17.3 Å². The quantitative estimate of drug-likeness (QED) is 0.628. The summed E-state index contributed by atoms with van der Waals surface area (Å²) in [6, 6.07) is 26.2. The number of ether oxygens (including phenoxy) is 1. The minimum absolute atomic E-state index is 0.0852. The van der Waals surface area contributed by atoms with Crippen molar-refractivity contribution < 1.29 is 9.53 Å². The predicted molar refractivity (Wildman–Crippen MR) is 113 cm³/mol. The molecule has 1 aliphatic heterocycles. The Bertz CT molecular complexity index is 954. The summed E-state index contributed by atoms with van der Waals surface area (Å²) in [6.45, 7) is 5.33. The van der Waals surface area contributed by atoms with E-state index in [1.165, 1.54) is 5.56 Å². The molecule has 4 heteroatoms. The zero-order chi connectivity index (χ0) is 19.5. The summed E-state index contributed by atoms with van der Waals surface area (Å²) in [5, 5.41) is 0. The van der Waals surface area contributed by atoms with Gasteiger partial charge in [0.2, 0.25) is 5.91 Å². The Hall–Kier alpha value is -3.27. The molecule has 0 spiro atoms. The van der Waals surface area contributed by atoms with Gasteiger partial charge in [-0.1, -0.05) is 42.5 Å². The molecule has 0 radical (unpaired) electrons. The van der Waals surface area contributed by atoms with Crippen molar-refractivity contribution in [3.05, 3.63) is 84.4 Å². The predicted octanol–water partition coefficient (Wildman–Crippen LogP) is 5.24. The number of fused-ring (bicyclic) bond motifs is 1. The number of carbonyl (C=O) groups is 1. The zero-order valence-electron chi connectivity index (χ0n) is 16.2. The summed E-state index contributed by atoms with van der Waals surface area (Å²) >= 11 is 0. The van der Waals surface area contributed by atoms with Crippen LogP contribution in [0.1, 0.15) is 19.4 Å². The standard InChI is InChI=1S/C24H24N2O2/c1-18-16-25(23-10-6-7-11-24(23)26(18)19(2)27)17-20-12-14-22(15-13-20)28-21-8-4-3-5-9-21/h3-15,18H,16-17H2,1-2H3. The zero-order valence-corrected chi connectivity index (χ0v) is 16.2. The van der Waals surface area contributed by atoms with Crippen LogP contribution in [-0.2, 0) is 11.3 Å². The molecule has 1 amide bonds. The number of hydrogen-bond donors (Lipinski definition) is 0. The number of para-hydroxylation sites is 3. The number of benzene rings is 3. The third-order valence-electron chi connectivity index (χ3n) is 5.02. The Balaban J connectivity index is 1.52. The third kappa shape index (κ3) is 3.72. The molecule has 0 saturated heterocycles. The van der Waals surface area contributed by atoms with Crippen LogP contribution in [0.25, 0.3) is 0 Å². The molecule has 1 heterocycles. The van der Waals surface area contributed by atoms with Crippen LogP contribution in [0.3, 0.4) is 0 Å². The summed E-state index contributed by atoms with van der Waals surface area (Å²) in [5.41, 5.74) is 3.29. The summed E-state index contributed by atoms with van der Waals surface area (Å²) in [5.74, 6) is 1.74. The van der Waals surface area contributed by atoms with E-state index in [0.29, 0.717) is 0 Å². The van der Waals surface area contributed by atoms with Crippen LogP contribution in [0.2, 0.25) is 0 Å². The van der Waals surface area contributed by atoms with Gasteiger partial charge in [-0.2, -0.15) is 0 Å². The van der Waals surface area contributed by atoms with E-state index in [1.54, 1.807) is 6.92 Å². The highest BCUT2D eigenvalue weighted by Gasteiger charge is 2.30. The average molecular weight is 372 g/mol. The minimum Gasteiger partial charge on any atom is -0.457 e. The molecule has 0 aliphatic carbocycles. The first kappa shape index (κ1) is 18.1. The van der Waals surface area contributed by atoms with Gasteiger partial charge in [-0.05, 0) is 48.9 Å². The van der Waals surface area contributed by atoms with Crippen molar-refractivity contribution in [3.63, 3.8) is 0 Å². The van der Waals surface area contributed by atoms with Gasteiger partial charge < -0.3 is 14.5 Å². The summed E-state index contributed by atoms with van der Waals surface area (Å²) in [7, 11) is 0. The second kappa shape index (κ2) is 7.77. The highest BCUT2D eigenvalue weighted by atomic mass is 16.5. The molecule has 0 bridgehead atoms. The molecular formula is C24H24N2O2. The number of amides is 1. The Morgan fingerprint density at radius 3 is 2.18 bits per heavy atom. The van der Waals surface area contributed by atoms with Crippen molar-refractivity contribution in [3.8, 4) is 11.5 Å². The fourth-order valence-electron chi connectivity index (χ4n) is 3.81. The number of nitrogens with zero attached hydrogens (tertiary/aromatic N) is 2. The van der Waals surface area contributed by atoms with Crippen LogP contribution in [0.15, 0.2) is 78.9 Å². The van der Waals surface area contributed by atoms with E-state index >= 15 is 0 Å². The lowest BCUT2D eigenvalue weighted by Crippen LogP contribution is -2.49. The summed E-state index contributed by atoms with van der Waals surface area (Å²) in [6.07, 6.45) is 0. The van der Waals surface area contributed by atoms with Crippen molar-refractivity contribution in [2.45, 2.75) is 26.4 Å². The molecule has 0 fully saturated rings. The van der Waals surface area contributed by atoms with Crippen LogP contribution in [-0.4, -0.2) is 18.5 Å². The molecule has 1 atom stereocenters. The molecule has 0 N–H and O–H groups in total. The second-order valence-corrected chi connectivity index (χ2v) is 7.17. The fourth-order valence-corrected chi connectivity index (χ4v) is 3.81. The summed E-state index contributed by atoms with van der Waals surface area (Å²) < 4.78 is 5.88. The van der Waals surface area contributed by atoms with Crippen LogP contribution in [0.4, 0.5) is 11.4 Å². The van der Waals surface area contributed by atoms with E-state index in [-0.39, 0.29) is 11.9 Å². The molecule has 1 aliphatic rings. The Morgan fingerprint density at radius 2 is 1.50 bits per heavy atom. The van der Waals surface area contributed by atoms with Gasteiger partial charge in [-0.3, -0.25) is 4.79 Å². The highest BCUT2D eigenvalue weighted by molar-refractivity contribution is 5.97. The first-order valence-electron chi connectivity index (χ1n) is 9.57. The lowest BCUT2D eigenvalue weighted by atomic mass is 10.1. The van der Waals surface area contributed by atoms with Gasteiger partial charge in [0.05, 0.1) is 17.4 Å². The number of hydrogen-bond acceptors (Lipinski definition) is 3. The first-order valence-corrected chi connectivity index (χ1v) is 9.57. The molecule has 4 nitrogen and oxygen atoms in total. The normalized spacial score (nSPS) is 15.9. The van der Waals surface area contributed by atoms with E-state index < -0.39 is 0 Å².